The second kappa shape index (κ2) is 11.3. The Morgan fingerprint density at radius 2 is 1.79 bits per heavy atom. The molecule has 0 amide bonds. The smallest absolute Gasteiger partial charge is 0.312 e. The molecular weight excluding hydrogens is 442 g/mol. The average Bonchev–Trinajstić information content (AvgIpc) is 3.45. The van der Waals surface area contributed by atoms with Crippen molar-refractivity contribution in [3.63, 3.8) is 0 Å². The quantitative estimate of drug-likeness (QED) is 0.472. The van der Waals surface area contributed by atoms with Gasteiger partial charge in [-0.15, -0.1) is 11.3 Å². The first-order valence-corrected chi connectivity index (χ1v) is 12.3. The van der Waals surface area contributed by atoms with Crippen LogP contribution in [0.1, 0.15) is 77.8 Å². The highest BCUT2D eigenvalue weighted by atomic mass is 32.1. The number of hydrogen-bond donors (Lipinski definition) is 2. The Kier molecular flexibility index (Phi) is 8.73. The van der Waals surface area contributed by atoms with Crippen molar-refractivity contribution in [1.82, 2.24) is 4.98 Å². The number of aromatic nitrogens is 1. The second-order valence-corrected chi connectivity index (χ2v) is 10.0. The van der Waals surface area contributed by atoms with Crippen LogP contribution in [0.3, 0.4) is 0 Å². The lowest BCUT2D eigenvalue weighted by atomic mass is 9.98. The van der Waals surface area contributed by atoms with Crippen LogP contribution in [0.25, 0.3) is 0 Å². The number of nitrogens with zero attached hydrogens (tertiary/aromatic N) is 1. The molecule has 0 saturated heterocycles. The molecular formula is C25H35NO6S. The third kappa shape index (κ3) is 6.05. The summed E-state index contributed by atoms with van der Waals surface area (Å²) in [5, 5.41) is 21.5. The third-order valence-electron chi connectivity index (χ3n) is 6.44. The van der Waals surface area contributed by atoms with Gasteiger partial charge < -0.3 is 24.4 Å². The minimum atomic E-state index is -0.880. The van der Waals surface area contributed by atoms with Crippen molar-refractivity contribution in [2.75, 3.05) is 14.2 Å². The number of hydrogen-bond acceptors (Lipinski definition) is 7. The van der Waals surface area contributed by atoms with E-state index in [-0.39, 0.29) is 6.10 Å². The zero-order valence-electron chi connectivity index (χ0n) is 20.1. The van der Waals surface area contributed by atoms with Gasteiger partial charge in [0.2, 0.25) is 0 Å². The summed E-state index contributed by atoms with van der Waals surface area (Å²) >= 11 is 1.51. The van der Waals surface area contributed by atoms with Crippen LogP contribution in [0, 0.1) is 13.8 Å². The zero-order valence-corrected chi connectivity index (χ0v) is 20.9. The van der Waals surface area contributed by atoms with E-state index in [4.69, 9.17) is 14.2 Å². The van der Waals surface area contributed by atoms with Crippen LogP contribution in [0.15, 0.2) is 12.1 Å². The maximum atomic E-state index is 11.4. The Hall–Kier alpha value is -2.16. The molecule has 1 saturated carbocycles. The van der Waals surface area contributed by atoms with E-state index in [9.17, 15) is 15.0 Å². The van der Waals surface area contributed by atoms with Crippen LogP contribution < -0.4 is 9.47 Å². The van der Waals surface area contributed by atoms with Gasteiger partial charge in [-0.25, -0.2) is 4.98 Å². The summed E-state index contributed by atoms with van der Waals surface area (Å²) in [6.45, 7) is 5.48. The average molecular weight is 478 g/mol. The highest BCUT2D eigenvalue weighted by Gasteiger charge is 2.29. The van der Waals surface area contributed by atoms with Gasteiger partial charge in [0.1, 0.15) is 17.6 Å². The Morgan fingerprint density at radius 1 is 1.18 bits per heavy atom. The summed E-state index contributed by atoms with van der Waals surface area (Å²) in [5.41, 5.74) is 2.18. The van der Waals surface area contributed by atoms with E-state index in [2.05, 4.69) is 4.98 Å². The molecule has 1 heterocycles. The lowest BCUT2D eigenvalue weighted by Gasteiger charge is -2.27. The van der Waals surface area contributed by atoms with Gasteiger partial charge in [0.05, 0.1) is 43.0 Å². The first-order chi connectivity index (χ1) is 15.7. The maximum absolute atomic E-state index is 11.4. The molecule has 1 aromatic carbocycles. The first-order valence-electron chi connectivity index (χ1n) is 11.5. The van der Waals surface area contributed by atoms with Crippen molar-refractivity contribution in [2.45, 2.75) is 83.5 Å². The van der Waals surface area contributed by atoms with Crippen LogP contribution in [-0.4, -0.2) is 47.6 Å². The number of rotatable bonds is 11. The summed E-state index contributed by atoms with van der Waals surface area (Å²) < 4.78 is 17.4. The van der Waals surface area contributed by atoms with Gasteiger partial charge in [-0.3, -0.25) is 4.79 Å². The molecule has 1 aliphatic carbocycles. The van der Waals surface area contributed by atoms with E-state index in [1.165, 1.54) is 11.3 Å². The van der Waals surface area contributed by atoms with E-state index in [0.717, 1.165) is 41.1 Å². The van der Waals surface area contributed by atoms with Crippen molar-refractivity contribution in [3.05, 3.63) is 38.8 Å². The summed E-state index contributed by atoms with van der Waals surface area (Å²) in [6, 6.07) is 3.68. The number of ether oxygens (including phenoxy) is 3. The predicted octanol–water partition coefficient (Wildman–Crippen LogP) is 4.96. The molecule has 8 heteroatoms. The number of carboxylic acid groups (broad SMARTS) is 1. The zero-order chi connectivity index (χ0) is 24.1. The highest BCUT2D eigenvalue weighted by Crippen LogP contribution is 2.36. The fourth-order valence-corrected chi connectivity index (χ4v) is 5.46. The van der Waals surface area contributed by atoms with E-state index >= 15 is 0 Å². The van der Waals surface area contributed by atoms with Gasteiger partial charge in [-0.2, -0.15) is 0 Å². The SMILES string of the molecule is COc1cc([C@@H](O)[C@H](CCc2nc(C(C)C(=O)O)c(C)s2)OC2CCCC2)cc(OC)c1C. The second-order valence-electron chi connectivity index (χ2n) is 8.72. The fraction of sp³-hybridized carbons (Fsp3) is 0.600. The molecule has 1 aromatic heterocycles. The lowest BCUT2D eigenvalue weighted by Crippen LogP contribution is -2.27. The van der Waals surface area contributed by atoms with Gasteiger partial charge in [0, 0.05) is 16.9 Å². The van der Waals surface area contributed by atoms with Crippen LogP contribution in [0.4, 0.5) is 0 Å². The highest BCUT2D eigenvalue weighted by molar-refractivity contribution is 7.11. The molecule has 33 heavy (non-hydrogen) atoms. The Morgan fingerprint density at radius 3 is 2.33 bits per heavy atom. The molecule has 1 fully saturated rings. The van der Waals surface area contributed by atoms with Gasteiger partial charge in [-0.05, 0) is 57.7 Å². The first kappa shape index (κ1) is 25.5. The Bertz CT molecular complexity index is 927. The molecule has 2 aromatic rings. The lowest BCUT2D eigenvalue weighted by molar-refractivity contribution is -0.138. The molecule has 2 N–H and O–H groups in total. The topological polar surface area (TPSA) is 98.1 Å². The number of aliphatic hydroxyl groups excluding tert-OH is 1. The molecule has 1 aliphatic rings. The van der Waals surface area contributed by atoms with Crippen molar-refractivity contribution in [2.24, 2.45) is 0 Å². The summed E-state index contributed by atoms with van der Waals surface area (Å²) in [4.78, 5) is 16.9. The number of aliphatic carboxylic acids is 1. The van der Waals surface area contributed by atoms with Gasteiger partial charge >= 0.3 is 5.97 Å². The molecule has 0 spiro atoms. The largest absolute Gasteiger partial charge is 0.496 e. The maximum Gasteiger partial charge on any atom is 0.312 e. The number of benzene rings is 1. The number of thiazole rings is 1. The van der Waals surface area contributed by atoms with Crippen molar-refractivity contribution in [3.8, 4) is 11.5 Å². The molecule has 7 nitrogen and oxygen atoms in total. The standard InChI is InChI=1S/C25H35NO6S/c1-14-20(30-4)12-17(13-21(14)31-5)24(27)19(32-18-8-6-7-9-18)10-11-22-26-23(16(3)33-22)15(2)25(28)29/h12-13,15,18-19,24,27H,6-11H2,1-5H3,(H,28,29)/t15?,19-,24+/m0/s1. The molecule has 0 bridgehead atoms. The summed E-state index contributed by atoms with van der Waals surface area (Å²) in [5.74, 6) is -0.203. The monoisotopic (exact) mass is 477 g/mol. The van der Waals surface area contributed by atoms with Crippen LogP contribution in [0.5, 0.6) is 11.5 Å². The van der Waals surface area contributed by atoms with Crippen molar-refractivity contribution >= 4 is 17.3 Å². The third-order valence-corrected chi connectivity index (χ3v) is 7.48. The van der Waals surface area contributed by atoms with E-state index in [1.54, 1.807) is 21.1 Å². The molecule has 3 rings (SSSR count). The number of carbonyl (C=O) groups is 1. The van der Waals surface area contributed by atoms with Crippen LogP contribution in [0.2, 0.25) is 0 Å². The molecule has 3 atom stereocenters. The number of carboxylic acids is 1. The van der Waals surface area contributed by atoms with Crippen LogP contribution in [-0.2, 0) is 16.0 Å². The van der Waals surface area contributed by atoms with Gasteiger partial charge in [0.15, 0.2) is 0 Å². The molecule has 182 valence electrons. The van der Waals surface area contributed by atoms with Crippen LogP contribution >= 0.6 is 11.3 Å². The van der Waals surface area contributed by atoms with Gasteiger partial charge in [-0.1, -0.05) is 12.8 Å². The predicted molar refractivity (Wildman–Crippen MR) is 128 cm³/mol. The van der Waals surface area contributed by atoms with Crippen molar-refractivity contribution < 1.29 is 29.2 Å². The number of methoxy groups -OCH3 is 2. The molecule has 0 aliphatic heterocycles. The number of aliphatic hydroxyl groups is 1. The summed E-state index contributed by atoms with van der Waals surface area (Å²) in [6.07, 6.45) is 4.32. The van der Waals surface area contributed by atoms with E-state index < -0.39 is 24.1 Å². The fourth-order valence-electron chi connectivity index (χ4n) is 4.42. The molecule has 0 radical (unpaired) electrons. The normalized spacial score (nSPS) is 17.0. The van der Waals surface area contributed by atoms with Gasteiger partial charge in [0.25, 0.3) is 0 Å². The number of aryl methyl sites for hydroxylation is 2. The Balaban J connectivity index is 1.82. The Labute approximate surface area is 199 Å². The summed E-state index contributed by atoms with van der Waals surface area (Å²) in [7, 11) is 3.20. The molecule has 1 unspecified atom stereocenters. The minimum Gasteiger partial charge on any atom is -0.496 e. The van der Waals surface area contributed by atoms with E-state index in [0.29, 0.717) is 35.6 Å². The van der Waals surface area contributed by atoms with E-state index in [1.807, 2.05) is 26.0 Å². The minimum absolute atomic E-state index is 0.138. The van der Waals surface area contributed by atoms with Crippen molar-refractivity contribution in [1.29, 1.82) is 0 Å².